The Morgan fingerprint density at radius 3 is 2.53 bits per heavy atom. The van der Waals surface area contributed by atoms with Crippen LogP contribution in [0.25, 0.3) is 17.2 Å². The van der Waals surface area contributed by atoms with Crippen LogP contribution in [0.1, 0.15) is 62.8 Å². The largest absolute Gasteiger partial charge is 0.611 e. The Balaban J connectivity index is 1.18. The third-order valence-electron chi connectivity index (χ3n) is 9.24. The quantitative estimate of drug-likeness (QED) is 0.0762. The number of unbranched alkanes of at least 4 members (excludes halogenated alkanes) is 1. The molecule has 5 aromatic rings. The Kier molecular flexibility index (Phi) is 13.4. The number of nitrogens with one attached hydrogen (secondary N) is 1. The molecule has 6 rings (SSSR count). The first kappa shape index (κ1) is 37.9. The average Bonchev–Trinajstić information content (AvgIpc) is 3.79. The third-order valence-corrected chi connectivity index (χ3v) is 10.6. The molecular weight excluding hydrogens is 685 g/mol. The van der Waals surface area contributed by atoms with Gasteiger partial charge in [0, 0.05) is 62.0 Å². The number of fused-ring (bicyclic) bond motifs is 1. The third kappa shape index (κ3) is 10.4. The molecule has 0 unspecified atom stereocenters. The maximum Gasteiger partial charge on any atom is 0.251 e. The number of aromatic nitrogens is 4. The monoisotopic (exact) mass is 734 g/mol. The molecule has 3 aromatic carbocycles. The second-order valence-electron chi connectivity index (χ2n) is 13.4. The number of hydrogen-bond donors (Lipinski definition) is 1. The summed E-state index contributed by atoms with van der Waals surface area (Å²) in [4.78, 5) is 21.1. The number of ether oxygens (including phenoxy) is 2. The van der Waals surface area contributed by atoms with Crippen LogP contribution < -0.4 is 15.0 Å². The van der Waals surface area contributed by atoms with E-state index in [1.54, 1.807) is 12.5 Å². The zero-order valence-corrected chi connectivity index (χ0v) is 31.8. The lowest BCUT2D eigenvalue weighted by atomic mass is 9.96. The molecule has 1 aliphatic heterocycles. The standard InChI is InChI=1S/C42H50N6O4S/c1-4-6-21-51-22-23-52-39-14-9-33(10-15-39)34-11-18-41-36(24-34)25-35(8-7-20-47(41)29-32-26-44-46(3)28-32)42(49)45-37-12-16-40(17-13-37)53(50)30-38-27-43-31-48(38)19-5-2/h9-18,24-28,31H,4-8,19-23,29-30H2,1-3H3,(H,45,49)/b35-25+/t53-/m0/s1. The van der Waals surface area contributed by atoms with Crippen molar-refractivity contribution in [2.75, 3.05) is 36.6 Å². The van der Waals surface area contributed by atoms with Crippen LogP contribution in [0, 0.1) is 0 Å². The van der Waals surface area contributed by atoms with E-state index < -0.39 is 11.2 Å². The second-order valence-corrected chi connectivity index (χ2v) is 14.8. The molecule has 53 heavy (non-hydrogen) atoms. The van der Waals surface area contributed by atoms with E-state index in [-0.39, 0.29) is 5.91 Å². The number of aryl methyl sites for hydroxylation is 2. The highest BCUT2D eigenvalue weighted by Gasteiger charge is 2.21. The highest BCUT2D eigenvalue weighted by atomic mass is 32.2. The van der Waals surface area contributed by atoms with Crippen molar-refractivity contribution in [3.8, 4) is 16.9 Å². The molecule has 1 amide bonds. The van der Waals surface area contributed by atoms with Gasteiger partial charge >= 0.3 is 0 Å². The average molecular weight is 735 g/mol. The number of imidazole rings is 1. The number of amides is 1. The van der Waals surface area contributed by atoms with Crippen molar-refractivity contribution in [3.05, 3.63) is 114 Å². The maximum absolute atomic E-state index is 13.8. The normalized spacial score (nSPS) is 14.5. The minimum Gasteiger partial charge on any atom is -0.611 e. The predicted octanol–water partition coefficient (Wildman–Crippen LogP) is 8.02. The Bertz CT molecular complexity index is 1950. The fourth-order valence-corrected chi connectivity index (χ4v) is 7.55. The highest BCUT2D eigenvalue weighted by molar-refractivity contribution is 7.90. The summed E-state index contributed by atoms with van der Waals surface area (Å²) in [6.07, 6.45) is 14.2. The molecule has 0 spiro atoms. The lowest BCUT2D eigenvalue weighted by Crippen LogP contribution is -2.26. The Hall–Kier alpha value is -4.84. The lowest BCUT2D eigenvalue weighted by molar-refractivity contribution is -0.112. The van der Waals surface area contributed by atoms with Gasteiger partial charge in [0.15, 0.2) is 10.6 Å². The minimum absolute atomic E-state index is 0.139. The van der Waals surface area contributed by atoms with E-state index in [4.69, 9.17) is 9.47 Å². The summed E-state index contributed by atoms with van der Waals surface area (Å²) in [6.45, 7) is 8.47. The number of anilines is 2. The van der Waals surface area contributed by atoms with Crippen molar-refractivity contribution in [3.63, 3.8) is 0 Å². The minimum atomic E-state index is -1.23. The van der Waals surface area contributed by atoms with Gasteiger partial charge in [-0.25, -0.2) is 4.98 Å². The van der Waals surface area contributed by atoms with Gasteiger partial charge in [0.05, 0.1) is 31.0 Å². The summed E-state index contributed by atoms with van der Waals surface area (Å²) in [7, 11) is 1.93. The first-order valence-corrected chi connectivity index (χ1v) is 19.9. The van der Waals surface area contributed by atoms with Crippen LogP contribution in [0.15, 0.2) is 102 Å². The Labute approximate surface area is 316 Å². The summed E-state index contributed by atoms with van der Waals surface area (Å²) in [5.41, 5.74) is 7.62. The van der Waals surface area contributed by atoms with Crippen LogP contribution >= 0.6 is 0 Å². The molecule has 0 fully saturated rings. The van der Waals surface area contributed by atoms with Crippen LogP contribution in [0.2, 0.25) is 0 Å². The van der Waals surface area contributed by atoms with Crippen molar-refractivity contribution in [1.29, 1.82) is 0 Å². The zero-order valence-electron chi connectivity index (χ0n) is 31.0. The van der Waals surface area contributed by atoms with Gasteiger partial charge in [0.2, 0.25) is 0 Å². The van der Waals surface area contributed by atoms with Gasteiger partial charge in [-0.2, -0.15) is 5.10 Å². The molecule has 0 radical (unpaired) electrons. The number of benzene rings is 3. The van der Waals surface area contributed by atoms with E-state index in [9.17, 15) is 9.35 Å². The molecule has 3 heterocycles. The maximum atomic E-state index is 13.8. The molecule has 0 saturated carbocycles. The molecule has 0 aliphatic carbocycles. The summed E-state index contributed by atoms with van der Waals surface area (Å²) < 4.78 is 28.6. The van der Waals surface area contributed by atoms with Crippen LogP contribution in [-0.2, 0) is 46.6 Å². The van der Waals surface area contributed by atoms with E-state index in [1.807, 2.05) is 71.2 Å². The molecule has 1 aliphatic rings. The first-order valence-electron chi connectivity index (χ1n) is 18.6. The molecule has 2 aromatic heterocycles. The summed E-state index contributed by atoms with van der Waals surface area (Å²) >= 11 is -1.23. The van der Waals surface area contributed by atoms with Crippen molar-refractivity contribution >= 4 is 34.5 Å². The van der Waals surface area contributed by atoms with Crippen LogP contribution in [-0.4, -0.2) is 56.2 Å². The molecule has 10 nitrogen and oxygen atoms in total. The van der Waals surface area contributed by atoms with E-state index in [0.717, 1.165) is 91.3 Å². The summed E-state index contributed by atoms with van der Waals surface area (Å²) in [5.74, 6) is 1.06. The van der Waals surface area contributed by atoms with E-state index in [1.165, 1.54) is 0 Å². The second kappa shape index (κ2) is 18.8. The molecule has 1 atom stereocenters. The Morgan fingerprint density at radius 1 is 0.962 bits per heavy atom. The van der Waals surface area contributed by atoms with Crippen LogP contribution in [0.4, 0.5) is 11.4 Å². The number of rotatable bonds is 17. The van der Waals surface area contributed by atoms with Gasteiger partial charge in [-0.05, 0) is 108 Å². The van der Waals surface area contributed by atoms with Gasteiger partial charge in [0.1, 0.15) is 12.4 Å². The number of hydrogen-bond acceptors (Lipinski definition) is 7. The zero-order chi connectivity index (χ0) is 37.0. The lowest BCUT2D eigenvalue weighted by Gasteiger charge is -2.29. The first-order chi connectivity index (χ1) is 25.9. The summed E-state index contributed by atoms with van der Waals surface area (Å²) in [6, 6.07) is 21.9. The van der Waals surface area contributed by atoms with Crippen LogP contribution in [0.3, 0.4) is 0 Å². The number of carbonyl (C=O) groups is 1. The summed E-state index contributed by atoms with van der Waals surface area (Å²) in [5, 5.41) is 7.48. The van der Waals surface area contributed by atoms with E-state index >= 15 is 0 Å². The predicted molar refractivity (Wildman–Crippen MR) is 212 cm³/mol. The smallest absolute Gasteiger partial charge is 0.251 e. The fraction of sp³-hybridized carbons (Fsp3) is 0.357. The molecule has 11 heteroatoms. The molecule has 0 saturated heterocycles. The highest BCUT2D eigenvalue weighted by Crippen LogP contribution is 2.34. The van der Waals surface area contributed by atoms with Crippen LogP contribution in [0.5, 0.6) is 5.75 Å². The SMILES string of the molecule is CCCCOCCOc1ccc(-c2ccc3c(c2)/C=C(/C(=O)Nc2ccc([S@@+]([O-])Cc4cncn4CCC)cc2)CCCN3Cc2cnn(C)c2)cc1. The molecule has 1 N–H and O–H groups in total. The topological polar surface area (TPSA) is 110 Å². The van der Waals surface area contributed by atoms with E-state index in [2.05, 4.69) is 64.5 Å². The van der Waals surface area contributed by atoms with Gasteiger partial charge in [-0.1, -0.05) is 38.5 Å². The molecular formula is C42H50N6O4S. The Morgan fingerprint density at radius 2 is 1.77 bits per heavy atom. The molecule has 0 bridgehead atoms. The van der Waals surface area contributed by atoms with Gasteiger partial charge < -0.3 is 28.8 Å². The van der Waals surface area contributed by atoms with Crippen molar-refractivity contribution in [1.82, 2.24) is 19.3 Å². The van der Waals surface area contributed by atoms with E-state index in [0.29, 0.717) is 41.5 Å². The van der Waals surface area contributed by atoms with Crippen molar-refractivity contribution in [2.24, 2.45) is 7.05 Å². The number of carbonyl (C=O) groups excluding carboxylic acids is 1. The van der Waals surface area contributed by atoms with Crippen molar-refractivity contribution < 1.29 is 18.8 Å². The van der Waals surface area contributed by atoms with Gasteiger partial charge in [-0.3, -0.25) is 9.48 Å². The molecule has 278 valence electrons. The van der Waals surface area contributed by atoms with Crippen molar-refractivity contribution in [2.45, 2.75) is 69.7 Å². The van der Waals surface area contributed by atoms with Gasteiger partial charge in [-0.15, -0.1) is 0 Å². The van der Waals surface area contributed by atoms with Gasteiger partial charge in [0.25, 0.3) is 5.91 Å². The fourth-order valence-electron chi connectivity index (χ4n) is 6.44. The number of nitrogens with zero attached hydrogens (tertiary/aromatic N) is 5.